The second-order valence-electron chi connectivity index (χ2n) is 7.65. The molecule has 0 aliphatic carbocycles. The van der Waals surface area contributed by atoms with E-state index in [2.05, 4.69) is 45.2 Å². The first kappa shape index (κ1) is 20.4. The molecule has 3 aromatic rings. The quantitative estimate of drug-likeness (QED) is 0.588. The zero-order valence-electron chi connectivity index (χ0n) is 17.2. The van der Waals surface area contributed by atoms with E-state index in [0.29, 0.717) is 46.1 Å². The molecule has 2 aromatic heterocycles. The molecule has 0 spiro atoms. The lowest BCUT2D eigenvalue weighted by Gasteiger charge is -2.30. The van der Waals surface area contributed by atoms with Gasteiger partial charge in [-0.1, -0.05) is 13.8 Å². The van der Waals surface area contributed by atoms with Gasteiger partial charge in [0.05, 0.1) is 21.7 Å². The standard InChI is InChI=1S/C20H23BrN6O3/c1-5-26-17(15(21)10(4)25-26)19(29)24-20-23-12-6-11(18(22)28)7-14-16(12)27(20)13(8-30-14)9(2)3/h6-7,9,13H,5,8H2,1-4H3,(H2,22,28)(H,23,24,29)/t13-/m1/s1. The summed E-state index contributed by atoms with van der Waals surface area (Å²) in [6, 6.07) is 3.21. The van der Waals surface area contributed by atoms with Gasteiger partial charge in [0.1, 0.15) is 23.6 Å². The number of rotatable bonds is 5. The van der Waals surface area contributed by atoms with Crippen molar-refractivity contribution in [2.24, 2.45) is 11.7 Å². The van der Waals surface area contributed by atoms with Crippen LogP contribution in [0.2, 0.25) is 0 Å². The maximum absolute atomic E-state index is 13.2. The minimum atomic E-state index is -0.561. The van der Waals surface area contributed by atoms with Crippen molar-refractivity contribution in [1.82, 2.24) is 19.3 Å². The predicted octanol–water partition coefficient (Wildman–Crippen LogP) is 3.26. The number of ether oxygens (including phenoxy) is 1. The van der Waals surface area contributed by atoms with Gasteiger partial charge in [-0.25, -0.2) is 4.98 Å². The molecule has 0 unspecified atom stereocenters. The molecule has 0 fully saturated rings. The van der Waals surface area contributed by atoms with Gasteiger partial charge in [0.15, 0.2) is 0 Å². The van der Waals surface area contributed by atoms with Crippen LogP contribution in [0.25, 0.3) is 11.0 Å². The van der Waals surface area contributed by atoms with Crippen molar-refractivity contribution in [2.75, 3.05) is 11.9 Å². The van der Waals surface area contributed by atoms with Crippen LogP contribution >= 0.6 is 15.9 Å². The first-order chi connectivity index (χ1) is 14.2. The van der Waals surface area contributed by atoms with Gasteiger partial charge < -0.3 is 10.5 Å². The molecule has 3 N–H and O–H groups in total. The van der Waals surface area contributed by atoms with Gasteiger partial charge in [-0.05, 0) is 47.8 Å². The number of nitrogens with zero attached hydrogens (tertiary/aromatic N) is 4. The Bertz CT molecular complexity index is 1180. The molecule has 3 heterocycles. The molecule has 0 saturated carbocycles. The number of aromatic nitrogens is 4. The Morgan fingerprint density at radius 1 is 1.40 bits per heavy atom. The molecule has 10 heteroatoms. The van der Waals surface area contributed by atoms with E-state index < -0.39 is 5.91 Å². The highest BCUT2D eigenvalue weighted by atomic mass is 79.9. The van der Waals surface area contributed by atoms with Crippen LogP contribution in [0.1, 0.15) is 53.4 Å². The Morgan fingerprint density at radius 3 is 2.77 bits per heavy atom. The van der Waals surface area contributed by atoms with Crippen LogP contribution in [0.3, 0.4) is 0 Å². The number of carbonyl (C=O) groups excluding carboxylic acids is 2. The molecule has 1 aliphatic rings. The number of imidazole rings is 1. The Balaban J connectivity index is 1.86. The third kappa shape index (κ3) is 3.15. The van der Waals surface area contributed by atoms with Gasteiger partial charge in [0, 0.05) is 12.1 Å². The smallest absolute Gasteiger partial charge is 0.277 e. The van der Waals surface area contributed by atoms with E-state index in [-0.39, 0.29) is 17.9 Å². The summed E-state index contributed by atoms with van der Waals surface area (Å²) in [7, 11) is 0. The highest BCUT2D eigenvalue weighted by Crippen LogP contribution is 2.39. The van der Waals surface area contributed by atoms with Crippen molar-refractivity contribution in [2.45, 2.75) is 40.3 Å². The van der Waals surface area contributed by atoms with E-state index in [9.17, 15) is 9.59 Å². The molecule has 1 atom stereocenters. The van der Waals surface area contributed by atoms with E-state index >= 15 is 0 Å². The van der Waals surface area contributed by atoms with E-state index in [1.54, 1.807) is 16.8 Å². The third-order valence-corrected chi connectivity index (χ3v) is 6.29. The van der Waals surface area contributed by atoms with Crippen LogP contribution in [-0.4, -0.2) is 37.8 Å². The largest absolute Gasteiger partial charge is 0.489 e. The van der Waals surface area contributed by atoms with E-state index in [1.165, 1.54) is 0 Å². The minimum Gasteiger partial charge on any atom is -0.489 e. The third-order valence-electron chi connectivity index (χ3n) is 5.34. The first-order valence-electron chi connectivity index (χ1n) is 9.75. The van der Waals surface area contributed by atoms with Crippen molar-refractivity contribution in [3.63, 3.8) is 0 Å². The van der Waals surface area contributed by atoms with Crippen LogP contribution < -0.4 is 15.8 Å². The van der Waals surface area contributed by atoms with Crippen LogP contribution in [-0.2, 0) is 6.54 Å². The van der Waals surface area contributed by atoms with Crippen molar-refractivity contribution >= 4 is 44.7 Å². The van der Waals surface area contributed by atoms with Crippen molar-refractivity contribution in [3.05, 3.63) is 33.6 Å². The van der Waals surface area contributed by atoms with Crippen molar-refractivity contribution in [3.8, 4) is 5.75 Å². The average Bonchev–Trinajstić information content (AvgIpc) is 3.20. The summed E-state index contributed by atoms with van der Waals surface area (Å²) in [5.74, 6) is 0.281. The second-order valence-corrected chi connectivity index (χ2v) is 8.45. The SMILES string of the molecule is CCn1nc(C)c(Br)c1C(=O)Nc1nc2cc(C(N)=O)cc3c2n1[C@@H](C(C)C)CO3. The number of anilines is 1. The number of amides is 2. The Labute approximate surface area is 181 Å². The molecule has 2 amide bonds. The summed E-state index contributed by atoms with van der Waals surface area (Å²) < 4.78 is 10.2. The van der Waals surface area contributed by atoms with Gasteiger partial charge in [0.25, 0.3) is 5.91 Å². The summed E-state index contributed by atoms with van der Waals surface area (Å²) in [5.41, 5.74) is 8.22. The molecule has 0 radical (unpaired) electrons. The number of benzene rings is 1. The van der Waals surface area contributed by atoms with Crippen LogP contribution in [0.5, 0.6) is 5.75 Å². The van der Waals surface area contributed by atoms with Crippen molar-refractivity contribution < 1.29 is 14.3 Å². The number of nitrogens with two attached hydrogens (primary N) is 1. The Kier molecular flexibility index (Phi) is 5.05. The molecule has 9 nitrogen and oxygen atoms in total. The van der Waals surface area contributed by atoms with Crippen LogP contribution in [0.4, 0.5) is 5.95 Å². The van der Waals surface area contributed by atoms with Gasteiger partial charge >= 0.3 is 0 Å². The van der Waals surface area contributed by atoms with Gasteiger partial charge in [-0.2, -0.15) is 5.10 Å². The summed E-state index contributed by atoms with van der Waals surface area (Å²) in [6.07, 6.45) is 0. The normalized spacial score (nSPS) is 15.5. The number of aryl methyl sites for hydroxylation is 2. The zero-order chi connectivity index (χ0) is 21.7. The lowest BCUT2D eigenvalue weighted by molar-refractivity contribution is 0.0995. The van der Waals surface area contributed by atoms with E-state index in [0.717, 1.165) is 11.2 Å². The highest BCUT2D eigenvalue weighted by Gasteiger charge is 2.31. The molecule has 0 saturated heterocycles. The number of hydrogen-bond donors (Lipinski definition) is 2. The average molecular weight is 475 g/mol. The van der Waals surface area contributed by atoms with E-state index in [4.69, 9.17) is 10.5 Å². The minimum absolute atomic E-state index is 0.0292. The van der Waals surface area contributed by atoms with Crippen molar-refractivity contribution in [1.29, 1.82) is 0 Å². The van der Waals surface area contributed by atoms with Gasteiger partial charge in [-0.3, -0.25) is 24.2 Å². The summed E-state index contributed by atoms with van der Waals surface area (Å²) >= 11 is 3.47. The summed E-state index contributed by atoms with van der Waals surface area (Å²) in [6.45, 7) is 8.88. The summed E-state index contributed by atoms with van der Waals surface area (Å²) in [5, 5.41) is 7.33. The predicted molar refractivity (Wildman–Crippen MR) is 116 cm³/mol. The number of primary amides is 1. The number of hydrogen-bond acceptors (Lipinski definition) is 5. The van der Waals surface area contributed by atoms with E-state index in [1.807, 2.05) is 18.4 Å². The van der Waals surface area contributed by atoms with Crippen LogP contribution in [0.15, 0.2) is 16.6 Å². The topological polar surface area (TPSA) is 117 Å². The molecular formula is C20H23BrN6O3. The molecule has 158 valence electrons. The van der Waals surface area contributed by atoms with Gasteiger partial charge in [0.2, 0.25) is 11.9 Å². The lowest BCUT2D eigenvalue weighted by atomic mass is 10.0. The fraction of sp³-hybridized carbons (Fsp3) is 0.400. The molecule has 4 rings (SSSR count). The first-order valence-corrected chi connectivity index (χ1v) is 10.5. The Hall–Kier alpha value is -2.88. The summed E-state index contributed by atoms with van der Waals surface area (Å²) in [4.78, 5) is 29.5. The number of halogens is 1. The maximum atomic E-state index is 13.2. The molecule has 30 heavy (non-hydrogen) atoms. The maximum Gasteiger partial charge on any atom is 0.277 e. The zero-order valence-corrected chi connectivity index (χ0v) is 18.8. The van der Waals surface area contributed by atoms with Gasteiger partial charge in [-0.15, -0.1) is 0 Å². The fourth-order valence-corrected chi connectivity index (χ4v) is 4.23. The molecule has 0 bridgehead atoms. The Morgan fingerprint density at radius 2 is 2.13 bits per heavy atom. The molecule has 1 aromatic carbocycles. The molecular weight excluding hydrogens is 452 g/mol. The highest BCUT2D eigenvalue weighted by molar-refractivity contribution is 9.10. The number of carbonyl (C=O) groups is 2. The lowest BCUT2D eigenvalue weighted by Crippen LogP contribution is -2.29. The number of nitrogens with one attached hydrogen (secondary N) is 1. The monoisotopic (exact) mass is 474 g/mol. The fourth-order valence-electron chi connectivity index (χ4n) is 3.76. The molecule has 1 aliphatic heterocycles. The second kappa shape index (κ2) is 7.42. The van der Waals surface area contributed by atoms with Crippen LogP contribution in [0, 0.1) is 12.8 Å².